The molecule has 0 aliphatic carbocycles. The highest BCUT2D eigenvalue weighted by atomic mass is 15.1. The van der Waals surface area contributed by atoms with E-state index >= 15 is 0 Å². The minimum Gasteiger partial charge on any atom is -0.314 e. The first-order valence-corrected chi connectivity index (χ1v) is 7.20. The number of nitrogens with zero attached hydrogens (tertiary/aromatic N) is 2. The minimum atomic E-state index is 0.496. The SMILES string of the molecule is CCCC(Cc1nnc(C)c2ccccc12)NCC. The van der Waals surface area contributed by atoms with Crippen LogP contribution in [-0.4, -0.2) is 22.8 Å². The van der Waals surface area contributed by atoms with Gasteiger partial charge in [0.1, 0.15) is 0 Å². The number of rotatable bonds is 6. The zero-order chi connectivity index (χ0) is 13.7. The van der Waals surface area contributed by atoms with Crippen LogP contribution < -0.4 is 5.32 Å². The maximum atomic E-state index is 4.42. The highest BCUT2D eigenvalue weighted by Gasteiger charge is 2.12. The first kappa shape index (κ1) is 13.9. The molecule has 3 nitrogen and oxygen atoms in total. The van der Waals surface area contributed by atoms with Gasteiger partial charge in [0.05, 0.1) is 11.4 Å². The van der Waals surface area contributed by atoms with Crippen LogP contribution in [0.15, 0.2) is 24.3 Å². The molecule has 2 aromatic rings. The largest absolute Gasteiger partial charge is 0.314 e. The summed E-state index contributed by atoms with van der Waals surface area (Å²) in [5.41, 5.74) is 2.12. The molecule has 0 fully saturated rings. The molecule has 3 heteroatoms. The number of aryl methyl sites for hydroxylation is 1. The summed E-state index contributed by atoms with van der Waals surface area (Å²) in [5, 5.41) is 14.7. The first-order chi connectivity index (χ1) is 9.26. The second kappa shape index (κ2) is 6.62. The standard InChI is InChI=1S/C16H23N3/c1-4-8-13(17-5-2)11-16-15-10-7-6-9-14(15)12(3)18-19-16/h6-7,9-10,13,17H,4-5,8,11H2,1-3H3. The number of hydrogen-bond acceptors (Lipinski definition) is 3. The second-order valence-corrected chi connectivity index (χ2v) is 5.03. The predicted octanol–water partition coefficient (Wildman–Crippen LogP) is 3.26. The molecule has 0 saturated carbocycles. The van der Waals surface area contributed by atoms with Gasteiger partial charge in [-0.25, -0.2) is 0 Å². The van der Waals surface area contributed by atoms with Crippen molar-refractivity contribution in [2.24, 2.45) is 0 Å². The van der Waals surface area contributed by atoms with Gasteiger partial charge in [-0.3, -0.25) is 0 Å². The summed E-state index contributed by atoms with van der Waals surface area (Å²) in [6, 6.07) is 8.92. The molecular formula is C16H23N3. The molecule has 0 saturated heterocycles. The Balaban J connectivity index is 2.31. The lowest BCUT2D eigenvalue weighted by Crippen LogP contribution is -2.31. The Labute approximate surface area is 115 Å². The fraction of sp³-hybridized carbons (Fsp3) is 0.500. The van der Waals surface area contributed by atoms with Crippen molar-refractivity contribution in [2.45, 2.75) is 46.1 Å². The van der Waals surface area contributed by atoms with Crippen LogP contribution in [0.5, 0.6) is 0 Å². The summed E-state index contributed by atoms with van der Waals surface area (Å²) in [6.45, 7) is 7.40. The first-order valence-electron chi connectivity index (χ1n) is 7.20. The lowest BCUT2D eigenvalue weighted by atomic mass is 10.0. The topological polar surface area (TPSA) is 37.8 Å². The highest BCUT2D eigenvalue weighted by Crippen LogP contribution is 2.20. The summed E-state index contributed by atoms with van der Waals surface area (Å²) >= 11 is 0. The molecule has 1 aromatic heterocycles. The zero-order valence-corrected chi connectivity index (χ0v) is 12.1. The van der Waals surface area contributed by atoms with E-state index in [0.717, 1.165) is 24.4 Å². The Morgan fingerprint density at radius 2 is 1.84 bits per heavy atom. The van der Waals surface area contributed by atoms with Gasteiger partial charge in [-0.2, -0.15) is 10.2 Å². The van der Waals surface area contributed by atoms with Crippen molar-refractivity contribution in [3.8, 4) is 0 Å². The molecule has 1 aromatic carbocycles. The number of benzene rings is 1. The van der Waals surface area contributed by atoms with Crippen LogP contribution in [0, 0.1) is 6.92 Å². The van der Waals surface area contributed by atoms with Gasteiger partial charge in [0.15, 0.2) is 0 Å². The van der Waals surface area contributed by atoms with Crippen LogP contribution in [0.4, 0.5) is 0 Å². The smallest absolute Gasteiger partial charge is 0.0725 e. The van der Waals surface area contributed by atoms with E-state index in [0.29, 0.717) is 6.04 Å². The molecule has 1 N–H and O–H groups in total. The van der Waals surface area contributed by atoms with Crippen LogP contribution >= 0.6 is 0 Å². The maximum Gasteiger partial charge on any atom is 0.0725 e. The molecule has 1 unspecified atom stereocenters. The van der Waals surface area contributed by atoms with Gasteiger partial charge in [-0.1, -0.05) is 44.5 Å². The van der Waals surface area contributed by atoms with Gasteiger partial charge in [-0.15, -0.1) is 0 Å². The molecule has 1 heterocycles. The quantitative estimate of drug-likeness (QED) is 0.863. The third-order valence-electron chi connectivity index (χ3n) is 3.52. The average Bonchev–Trinajstić information content (AvgIpc) is 2.43. The number of aromatic nitrogens is 2. The third kappa shape index (κ3) is 3.29. The van der Waals surface area contributed by atoms with E-state index in [1.807, 2.05) is 6.92 Å². The van der Waals surface area contributed by atoms with Crippen LogP contribution in [0.25, 0.3) is 10.8 Å². The predicted molar refractivity (Wildman–Crippen MR) is 80.4 cm³/mol. The molecule has 0 aliphatic heterocycles. The monoisotopic (exact) mass is 257 g/mol. The molecule has 0 amide bonds. The Morgan fingerprint density at radius 1 is 1.11 bits per heavy atom. The molecule has 19 heavy (non-hydrogen) atoms. The van der Waals surface area contributed by atoms with E-state index in [2.05, 4.69) is 53.6 Å². The van der Waals surface area contributed by atoms with Gasteiger partial charge < -0.3 is 5.32 Å². The number of fused-ring (bicyclic) bond motifs is 1. The van der Waals surface area contributed by atoms with Gasteiger partial charge in [0, 0.05) is 23.2 Å². The van der Waals surface area contributed by atoms with E-state index in [-0.39, 0.29) is 0 Å². The zero-order valence-electron chi connectivity index (χ0n) is 12.1. The van der Waals surface area contributed by atoms with Crippen molar-refractivity contribution in [3.05, 3.63) is 35.7 Å². The average molecular weight is 257 g/mol. The lowest BCUT2D eigenvalue weighted by Gasteiger charge is -2.17. The van der Waals surface area contributed by atoms with E-state index in [1.54, 1.807) is 0 Å². The molecule has 0 aliphatic rings. The van der Waals surface area contributed by atoms with E-state index in [9.17, 15) is 0 Å². The van der Waals surface area contributed by atoms with Crippen molar-refractivity contribution in [1.82, 2.24) is 15.5 Å². The number of nitrogens with one attached hydrogen (secondary N) is 1. The summed E-state index contributed by atoms with van der Waals surface area (Å²) in [7, 11) is 0. The van der Waals surface area contributed by atoms with Gasteiger partial charge in [0.25, 0.3) is 0 Å². The van der Waals surface area contributed by atoms with Gasteiger partial charge in [0.2, 0.25) is 0 Å². The van der Waals surface area contributed by atoms with Crippen LogP contribution in [0.2, 0.25) is 0 Å². The van der Waals surface area contributed by atoms with Gasteiger partial charge >= 0.3 is 0 Å². The van der Waals surface area contributed by atoms with E-state index < -0.39 is 0 Å². The summed E-state index contributed by atoms with van der Waals surface area (Å²) in [5.74, 6) is 0. The van der Waals surface area contributed by atoms with Crippen molar-refractivity contribution < 1.29 is 0 Å². The number of hydrogen-bond donors (Lipinski definition) is 1. The van der Waals surface area contributed by atoms with Crippen LogP contribution in [-0.2, 0) is 6.42 Å². The fourth-order valence-electron chi connectivity index (χ4n) is 2.59. The third-order valence-corrected chi connectivity index (χ3v) is 3.52. The summed E-state index contributed by atoms with van der Waals surface area (Å²) < 4.78 is 0. The normalized spacial score (nSPS) is 12.8. The minimum absolute atomic E-state index is 0.496. The van der Waals surface area contributed by atoms with E-state index in [1.165, 1.54) is 23.6 Å². The molecule has 2 rings (SSSR count). The summed E-state index contributed by atoms with van der Waals surface area (Å²) in [6.07, 6.45) is 3.32. The molecule has 0 spiro atoms. The van der Waals surface area contributed by atoms with E-state index in [4.69, 9.17) is 0 Å². The Hall–Kier alpha value is -1.48. The van der Waals surface area contributed by atoms with Crippen LogP contribution in [0.3, 0.4) is 0 Å². The molecule has 102 valence electrons. The number of likely N-dealkylation sites (N-methyl/N-ethyl adjacent to an activating group) is 1. The van der Waals surface area contributed by atoms with Crippen molar-refractivity contribution in [2.75, 3.05) is 6.54 Å². The molecular weight excluding hydrogens is 234 g/mol. The van der Waals surface area contributed by atoms with Crippen molar-refractivity contribution in [1.29, 1.82) is 0 Å². The Bertz CT molecular complexity index is 531. The van der Waals surface area contributed by atoms with Crippen LogP contribution in [0.1, 0.15) is 38.1 Å². The summed E-state index contributed by atoms with van der Waals surface area (Å²) in [4.78, 5) is 0. The van der Waals surface area contributed by atoms with Crippen molar-refractivity contribution in [3.63, 3.8) is 0 Å². The maximum absolute atomic E-state index is 4.42. The van der Waals surface area contributed by atoms with Gasteiger partial charge in [-0.05, 0) is 19.9 Å². The Kier molecular flexibility index (Phi) is 4.86. The molecule has 0 bridgehead atoms. The molecule has 1 atom stereocenters. The highest BCUT2D eigenvalue weighted by molar-refractivity contribution is 5.86. The fourth-order valence-corrected chi connectivity index (χ4v) is 2.59. The van der Waals surface area contributed by atoms with Crippen molar-refractivity contribution >= 4 is 10.8 Å². The molecule has 0 radical (unpaired) electrons. The lowest BCUT2D eigenvalue weighted by molar-refractivity contribution is 0.481. The Morgan fingerprint density at radius 3 is 2.53 bits per heavy atom. The second-order valence-electron chi connectivity index (χ2n) is 5.03.